The molecule has 0 unspecified atom stereocenters. The van der Waals surface area contributed by atoms with E-state index in [0.717, 1.165) is 4.90 Å². The maximum Gasteiger partial charge on any atom is 0.264 e. The molecule has 8 heteroatoms. The lowest BCUT2D eigenvalue weighted by molar-refractivity contribution is -0.128. The number of thiol groups is 1. The Morgan fingerprint density at radius 1 is 1.42 bits per heavy atom. The molecule has 5 nitrogen and oxygen atoms in total. The average Bonchev–Trinajstić information content (AvgIpc) is 2.37. The standard InChI is InChI=1S/C11H15F2N3O2S/c1-3-9(17)16(4-2)11(19)7(5-14)10(18)15-6-8(12)13/h8,19H,3-4,6H2,1-2H3,(H,15,18)/b11-7-. The fourth-order valence-corrected chi connectivity index (χ4v) is 1.64. The Hall–Kier alpha value is -1.62. The zero-order valence-electron chi connectivity index (χ0n) is 10.6. The van der Waals surface area contributed by atoms with E-state index in [1.165, 1.54) is 0 Å². The number of alkyl halides is 2. The van der Waals surface area contributed by atoms with E-state index >= 15 is 0 Å². The summed E-state index contributed by atoms with van der Waals surface area (Å²) in [7, 11) is 0. The van der Waals surface area contributed by atoms with Gasteiger partial charge in [0.15, 0.2) is 0 Å². The summed E-state index contributed by atoms with van der Waals surface area (Å²) in [4.78, 5) is 24.3. The zero-order valence-corrected chi connectivity index (χ0v) is 11.5. The second-order valence-electron chi connectivity index (χ2n) is 3.40. The molecule has 0 spiro atoms. The first-order valence-electron chi connectivity index (χ1n) is 5.58. The first-order chi connectivity index (χ1) is 8.88. The molecule has 0 aromatic heterocycles. The van der Waals surface area contributed by atoms with E-state index in [0.29, 0.717) is 0 Å². The number of nitrogens with one attached hydrogen (secondary N) is 1. The lowest BCUT2D eigenvalue weighted by Crippen LogP contribution is -2.33. The van der Waals surface area contributed by atoms with Crippen molar-refractivity contribution in [2.24, 2.45) is 0 Å². The van der Waals surface area contributed by atoms with Crippen LogP contribution in [0.2, 0.25) is 0 Å². The van der Waals surface area contributed by atoms with Gasteiger partial charge in [-0.15, -0.1) is 12.6 Å². The second kappa shape index (κ2) is 8.48. The maximum absolute atomic E-state index is 12.0. The molecular weight excluding hydrogens is 276 g/mol. The molecule has 19 heavy (non-hydrogen) atoms. The highest BCUT2D eigenvalue weighted by Crippen LogP contribution is 2.16. The first kappa shape index (κ1) is 17.4. The smallest absolute Gasteiger partial charge is 0.264 e. The van der Waals surface area contributed by atoms with Gasteiger partial charge in [-0.1, -0.05) is 6.92 Å². The Morgan fingerprint density at radius 3 is 2.37 bits per heavy atom. The lowest BCUT2D eigenvalue weighted by atomic mass is 10.2. The second-order valence-corrected chi connectivity index (χ2v) is 3.83. The van der Waals surface area contributed by atoms with Gasteiger partial charge < -0.3 is 10.2 Å². The Kier molecular flexibility index (Phi) is 7.75. The molecule has 0 heterocycles. The molecule has 0 rings (SSSR count). The van der Waals surface area contributed by atoms with Crippen LogP contribution in [-0.2, 0) is 9.59 Å². The highest BCUT2D eigenvalue weighted by atomic mass is 32.1. The van der Waals surface area contributed by atoms with Crippen LogP contribution in [0, 0.1) is 11.3 Å². The van der Waals surface area contributed by atoms with Crippen molar-refractivity contribution >= 4 is 24.4 Å². The molecule has 0 bridgehead atoms. The minimum atomic E-state index is -2.72. The van der Waals surface area contributed by atoms with E-state index in [-0.39, 0.29) is 23.9 Å². The normalized spacial score (nSPS) is 11.6. The van der Waals surface area contributed by atoms with Gasteiger partial charge in [-0.25, -0.2) is 8.78 Å². The van der Waals surface area contributed by atoms with Crippen molar-refractivity contribution in [3.63, 3.8) is 0 Å². The molecule has 0 radical (unpaired) electrons. The number of halogens is 2. The highest BCUT2D eigenvalue weighted by molar-refractivity contribution is 7.84. The molecule has 0 aliphatic carbocycles. The van der Waals surface area contributed by atoms with Gasteiger partial charge in [-0.2, -0.15) is 5.26 Å². The summed E-state index contributed by atoms with van der Waals surface area (Å²) >= 11 is 3.97. The van der Waals surface area contributed by atoms with Crippen LogP contribution < -0.4 is 5.32 Å². The van der Waals surface area contributed by atoms with E-state index in [9.17, 15) is 18.4 Å². The Morgan fingerprint density at radius 2 is 2.00 bits per heavy atom. The summed E-state index contributed by atoms with van der Waals surface area (Å²) in [6, 6.07) is 1.57. The molecular formula is C11H15F2N3O2S. The van der Waals surface area contributed by atoms with Crippen LogP contribution in [0.1, 0.15) is 20.3 Å². The van der Waals surface area contributed by atoms with E-state index in [4.69, 9.17) is 5.26 Å². The number of amides is 2. The van der Waals surface area contributed by atoms with Crippen molar-refractivity contribution in [3.8, 4) is 6.07 Å². The predicted octanol–water partition coefficient (Wildman–Crippen LogP) is 1.29. The summed E-state index contributed by atoms with van der Waals surface area (Å²) < 4.78 is 23.9. The Bertz CT molecular complexity index is 419. The van der Waals surface area contributed by atoms with Gasteiger partial charge in [0, 0.05) is 13.0 Å². The minimum absolute atomic E-state index is 0.136. The quantitative estimate of drug-likeness (QED) is 0.440. The summed E-state index contributed by atoms with van der Waals surface area (Å²) in [5.41, 5.74) is -0.465. The third-order valence-corrected chi connectivity index (χ3v) is 2.62. The number of hydrogen-bond donors (Lipinski definition) is 2. The number of carbonyl (C=O) groups excluding carboxylic acids is 2. The molecule has 0 aromatic rings. The SMILES string of the molecule is CCC(=O)N(CC)/C(S)=C(\C#N)C(=O)NCC(F)F. The molecule has 0 fully saturated rings. The average molecular weight is 291 g/mol. The summed E-state index contributed by atoms with van der Waals surface area (Å²) in [6.45, 7) is 2.63. The van der Waals surface area contributed by atoms with Gasteiger partial charge in [-0.3, -0.25) is 9.59 Å². The van der Waals surface area contributed by atoms with Gasteiger partial charge in [0.2, 0.25) is 5.91 Å². The fraction of sp³-hybridized carbons (Fsp3) is 0.545. The predicted molar refractivity (Wildman–Crippen MR) is 68.3 cm³/mol. The number of carbonyl (C=O) groups is 2. The molecule has 0 saturated carbocycles. The van der Waals surface area contributed by atoms with E-state index < -0.39 is 24.5 Å². The number of hydrogen-bond acceptors (Lipinski definition) is 4. The summed E-state index contributed by atoms with van der Waals surface area (Å²) in [5, 5.41) is 10.6. The molecule has 0 aliphatic rings. The molecule has 106 valence electrons. The van der Waals surface area contributed by atoms with Crippen molar-refractivity contribution in [1.82, 2.24) is 10.2 Å². The molecule has 1 N–H and O–H groups in total. The Balaban J connectivity index is 5.17. The van der Waals surface area contributed by atoms with Crippen LogP contribution in [0.4, 0.5) is 8.78 Å². The van der Waals surface area contributed by atoms with Crippen LogP contribution in [-0.4, -0.2) is 36.2 Å². The van der Waals surface area contributed by atoms with Crippen LogP contribution in [0.5, 0.6) is 0 Å². The minimum Gasteiger partial charge on any atom is -0.346 e. The van der Waals surface area contributed by atoms with Crippen molar-refractivity contribution in [2.75, 3.05) is 13.1 Å². The van der Waals surface area contributed by atoms with Gasteiger partial charge in [0.1, 0.15) is 11.6 Å². The molecule has 0 aliphatic heterocycles. The molecule has 0 saturated heterocycles. The van der Waals surface area contributed by atoms with E-state index in [2.05, 4.69) is 12.6 Å². The van der Waals surface area contributed by atoms with Crippen molar-refractivity contribution in [1.29, 1.82) is 5.26 Å². The van der Waals surface area contributed by atoms with Gasteiger partial charge in [-0.05, 0) is 6.92 Å². The van der Waals surface area contributed by atoms with Crippen molar-refractivity contribution in [2.45, 2.75) is 26.7 Å². The van der Waals surface area contributed by atoms with E-state index in [1.54, 1.807) is 19.9 Å². The van der Waals surface area contributed by atoms with Crippen LogP contribution in [0.3, 0.4) is 0 Å². The monoisotopic (exact) mass is 291 g/mol. The molecule has 2 amide bonds. The zero-order chi connectivity index (χ0) is 15.0. The third kappa shape index (κ3) is 5.26. The number of nitrogens with zero attached hydrogens (tertiary/aromatic N) is 2. The Labute approximate surface area is 115 Å². The van der Waals surface area contributed by atoms with Gasteiger partial charge in [0.05, 0.1) is 11.6 Å². The van der Waals surface area contributed by atoms with Crippen molar-refractivity contribution in [3.05, 3.63) is 10.6 Å². The maximum atomic E-state index is 12.0. The van der Waals surface area contributed by atoms with Gasteiger partial charge >= 0.3 is 0 Å². The topological polar surface area (TPSA) is 73.2 Å². The first-order valence-corrected chi connectivity index (χ1v) is 6.03. The van der Waals surface area contributed by atoms with Crippen LogP contribution >= 0.6 is 12.6 Å². The van der Waals surface area contributed by atoms with E-state index in [1.807, 2.05) is 5.32 Å². The molecule has 0 atom stereocenters. The van der Waals surface area contributed by atoms with Crippen LogP contribution in [0.25, 0.3) is 0 Å². The molecule has 0 aromatic carbocycles. The summed E-state index contributed by atoms with van der Waals surface area (Å²) in [6.07, 6.45) is -2.54. The van der Waals surface area contributed by atoms with Crippen LogP contribution in [0.15, 0.2) is 10.6 Å². The highest BCUT2D eigenvalue weighted by Gasteiger charge is 2.21. The lowest BCUT2D eigenvalue weighted by Gasteiger charge is -2.21. The largest absolute Gasteiger partial charge is 0.346 e. The number of rotatable bonds is 6. The summed E-state index contributed by atoms with van der Waals surface area (Å²) in [5.74, 6) is -1.29. The van der Waals surface area contributed by atoms with Gasteiger partial charge in [0.25, 0.3) is 12.3 Å². The number of nitriles is 1. The fourth-order valence-electron chi connectivity index (χ4n) is 1.23. The van der Waals surface area contributed by atoms with Crippen molar-refractivity contribution < 1.29 is 18.4 Å². The third-order valence-electron chi connectivity index (χ3n) is 2.15.